The molecule has 0 radical (unpaired) electrons. The zero-order chi connectivity index (χ0) is 16.9. The smallest absolute Gasteiger partial charge is 0.284 e. The Balaban J connectivity index is 1.69. The van der Waals surface area contributed by atoms with E-state index in [0.717, 1.165) is 18.7 Å². The number of hydrazone groups is 1. The highest BCUT2D eigenvalue weighted by Crippen LogP contribution is 2.33. The van der Waals surface area contributed by atoms with E-state index in [1.54, 1.807) is 24.2 Å². The molecule has 1 saturated heterocycles. The number of rotatable bonds is 5. The highest BCUT2D eigenvalue weighted by atomic mass is 35.5. The van der Waals surface area contributed by atoms with Crippen molar-refractivity contribution >= 4 is 29.5 Å². The summed E-state index contributed by atoms with van der Waals surface area (Å²) in [6, 6.07) is 3.61. The van der Waals surface area contributed by atoms with Gasteiger partial charge in [0, 0.05) is 24.5 Å². The van der Waals surface area contributed by atoms with Crippen LogP contribution in [-0.2, 0) is 6.54 Å². The van der Waals surface area contributed by atoms with Gasteiger partial charge in [-0.2, -0.15) is 0 Å². The van der Waals surface area contributed by atoms with Gasteiger partial charge in [-0.1, -0.05) is 36.9 Å². The summed E-state index contributed by atoms with van der Waals surface area (Å²) in [5.74, 6) is 0.436. The summed E-state index contributed by atoms with van der Waals surface area (Å²) in [6.07, 6.45) is 7.83. The van der Waals surface area contributed by atoms with Gasteiger partial charge >= 0.3 is 0 Å². The summed E-state index contributed by atoms with van der Waals surface area (Å²) >= 11 is 7.52. The van der Waals surface area contributed by atoms with Gasteiger partial charge in [-0.05, 0) is 36.4 Å². The first-order valence-electron chi connectivity index (χ1n) is 8.14. The standard InChI is InChI=1S/C15H20ClN5O2S/c16-14-7-6-12(10-17-14)11-19-8-9-20(15(19)18-21(22)23)24-13-4-2-1-3-5-13/h6-7,10,13H,1-5,8-9,11H2. The summed E-state index contributed by atoms with van der Waals surface area (Å²) in [5, 5.41) is 15.0. The summed E-state index contributed by atoms with van der Waals surface area (Å²) in [5.41, 5.74) is 0.958. The van der Waals surface area contributed by atoms with Gasteiger partial charge in [-0.25, -0.2) is 15.1 Å². The minimum atomic E-state index is -0.609. The highest BCUT2D eigenvalue weighted by Gasteiger charge is 2.32. The molecule has 0 atom stereocenters. The normalized spacial score (nSPS) is 20.8. The van der Waals surface area contributed by atoms with Gasteiger partial charge in [-0.15, -0.1) is 0 Å². The first-order chi connectivity index (χ1) is 11.6. The molecule has 0 amide bonds. The Bertz CT molecular complexity index is 606. The Hall–Kier alpha value is -1.54. The number of nitro groups is 1. The fourth-order valence-corrected chi connectivity index (χ4v) is 4.53. The van der Waals surface area contributed by atoms with Gasteiger partial charge in [0.2, 0.25) is 0 Å². The average molecular weight is 370 g/mol. The average Bonchev–Trinajstić information content (AvgIpc) is 2.92. The molecule has 130 valence electrons. The van der Waals surface area contributed by atoms with E-state index in [2.05, 4.69) is 10.1 Å². The molecule has 1 aliphatic carbocycles. The van der Waals surface area contributed by atoms with Crippen molar-refractivity contribution in [2.24, 2.45) is 5.10 Å². The fourth-order valence-electron chi connectivity index (χ4n) is 3.08. The maximum absolute atomic E-state index is 11.0. The van der Waals surface area contributed by atoms with Gasteiger partial charge in [-0.3, -0.25) is 4.31 Å². The summed E-state index contributed by atoms with van der Waals surface area (Å²) < 4.78 is 1.99. The molecular weight excluding hydrogens is 350 g/mol. The van der Waals surface area contributed by atoms with Gasteiger partial charge in [0.25, 0.3) is 5.96 Å². The predicted molar refractivity (Wildman–Crippen MR) is 95.3 cm³/mol. The molecule has 1 saturated carbocycles. The van der Waals surface area contributed by atoms with Crippen LogP contribution in [0.25, 0.3) is 0 Å². The molecule has 24 heavy (non-hydrogen) atoms. The van der Waals surface area contributed by atoms with E-state index >= 15 is 0 Å². The second-order valence-corrected chi connectivity index (χ2v) is 7.72. The van der Waals surface area contributed by atoms with Crippen LogP contribution in [0.15, 0.2) is 23.4 Å². The Kier molecular flexibility index (Phi) is 5.78. The molecule has 0 bridgehead atoms. The van der Waals surface area contributed by atoms with Crippen molar-refractivity contribution in [1.82, 2.24) is 14.2 Å². The maximum Gasteiger partial charge on any atom is 0.284 e. The molecule has 0 aromatic carbocycles. The van der Waals surface area contributed by atoms with Crippen molar-refractivity contribution in [3.63, 3.8) is 0 Å². The molecule has 0 N–H and O–H groups in total. The van der Waals surface area contributed by atoms with E-state index in [4.69, 9.17) is 11.6 Å². The third-order valence-electron chi connectivity index (χ3n) is 4.24. The van der Waals surface area contributed by atoms with E-state index in [-0.39, 0.29) is 0 Å². The Labute approximate surface area is 150 Å². The van der Waals surface area contributed by atoms with Gasteiger partial charge in [0.1, 0.15) is 10.3 Å². The number of hydrogen-bond donors (Lipinski definition) is 0. The molecule has 0 unspecified atom stereocenters. The topological polar surface area (TPSA) is 74.9 Å². The lowest BCUT2D eigenvalue weighted by Crippen LogP contribution is -2.32. The molecular formula is C15H20ClN5O2S. The molecule has 7 nitrogen and oxygen atoms in total. The molecule has 1 aromatic rings. The first kappa shape index (κ1) is 17.3. The molecule has 1 aliphatic heterocycles. The third-order valence-corrected chi connectivity index (χ3v) is 5.83. The fraction of sp³-hybridized carbons (Fsp3) is 0.600. The summed E-state index contributed by atoms with van der Waals surface area (Å²) in [4.78, 5) is 17.0. The largest absolute Gasteiger partial charge is 0.331 e. The number of nitrogens with zero attached hydrogens (tertiary/aromatic N) is 5. The van der Waals surface area contributed by atoms with Crippen LogP contribution in [0, 0.1) is 10.1 Å². The second kappa shape index (κ2) is 8.02. The predicted octanol–water partition coefficient (Wildman–Crippen LogP) is 3.38. The van der Waals surface area contributed by atoms with Crippen LogP contribution in [0.1, 0.15) is 37.7 Å². The van der Waals surface area contributed by atoms with Crippen LogP contribution in [0.2, 0.25) is 5.15 Å². The zero-order valence-electron chi connectivity index (χ0n) is 13.3. The van der Waals surface area contributed by atoms with Gasteiger partial charge in [0.15, 0.2) is 5.03 Å². The molecule has 9 heteroatoms. The lowest BCUT2D eigenvalue weighted by molar-refractivity contribution is -0.486. The monoisotopic (exact) mass is 369 g/mol. The van der Waals surface area contributed by atoms with E-state index in [0.29, 0.717) is 22.9 Å². The summed E-state index contributed by atoms with van der Waals surface area (Å²) in [6.45, 7) is 2.00. The van der Waals surface area contributed by atoms with Crippen LogP contribution in [0.4, 0.5) is 0 Å². The first-order valence-corrected chi connectivity index (χ1v) is 9.36. The zero-order valence-corrected chi connectivity index (χ0v) is 14.9. The molecule has 2 fully saturated rings. The van der Waals surface area contributed by atoms with E-state index in [1.165, 1.54) is 32.1 Å². The molecule has 1 aromatic heterocycles. The Morgan fingerprint density at radius 1 is 1.33 bits per heavy atom. The minimum Gasteiger partial charge on any atom is -0.331 e. The summed E-state index contributed by atoms with van der Waals surface area (Å²) in [7, 11) is 0. The van der Waals surface area contributed by atoms with E-state index in [9.17, 15) is 10.1 Å². The van der Waals surface area contributed by atoms with Crippen LogP contribution in [-0.4, -0.2) is 43.5 Å². The van der Waals surface area contributed by atoms with Crippen molar-refractivity contribution in [3.05, 3.63) is 39.2 Å². The Morgan fingerprint density at radius 2 is 2.12 bits per heavy atom. The minimum absolute atomic E-state index is 0.436. The molecule has 0 spiro atoms. The number of guanidine groups is 1. The van der Waals surface area contributed by atoms with Crippen molar-refractivity contribution in [2.45, 2.75) is 43.9 Å². The number of hydrogen-bond acceptors (Lipinski definition) is 4. The van der Waals surface area contributed by atoms with E-state index in [1.807, 2.05) is 15.3 Å². The number of halogens is 1. The number of pyridine rings is 1. The van der Waals surface area contributed by atoms with E-state index < -0.39 is 5.03 Å². The van der Waals surface area contributed by atoms with Crippen molar-refractivity contribution in [1.29, 1.82) is 0 Å². The lowest BCUT2D eigenvalue weighted by Gasteiger charge is -2.26. The lowest BCUT2D eigenvalue weighted by atomic mass is 10.0. The van der Waals surface area contributed by atoms with Gasteiger partial charge < -0.3 is 4.90 Å². The highest BCUT2D eigenvalue weighted by molar-refractivity contribution is 7.98. The Morgan fingerprint density at radius 3 is 2.79 bits per heavy atom. The quantitative estimate of drug-likeness (QED) is 0.343. The maximum atomic E-state index is 11.0. The van der Waals surface area contributed by atoms with Crippen LogP contribution < -0.4 is 0 Å². The molecule has 2 aliphatic rings. The second-order valence-electron chi connectivity index (χ2n) is 6.02. The van der Waals surface area contributed by atoms with Crippen LogP contribution in [0.3, 0.4) is 0 Å². The third kappa shape index (κ3) is 4.51. The van der Waals surface area contributed by atoms with Crippen LogP contribution in [0.5, 0.6) is 0 Å². The molecule has 3 rings (SSSR count). The SMILES string of the molecule is O=[N+]([O-])N=C1N(Cc2ccc(Cl)nc2)CCN1SC1CCCCC1. The van der Waals surface area contributed by atoms with Crippen molar-refractivity contribution < 1.29 is 5.03 Å². The molecule has 2 heterocycles. The number of aromatic nitrogens is 1. The van der Waals surface area contributed by atoms with Crippen molar-refractivity contribution in [3.8, 4) is 0 Å². The van der Waals surface area contributed by atoms with Crippen molar-refractivity contribution in [2.75, 3.05) is 13.1 Å². The van der Waals surface area contributed by atoms with Crippen LogP contribution >= 0.6 is 23.5 Å². The van der Waals surface area contributed by atoms with Gasteiger partial charge in [0.05, 0.1) is 6.54 Å².